The molecule has 2 aliphatic rings. The molecule has 2 atom stereocenters. The molecule has 2 aliphatic heterocycles. The van der Waals surface area contributed by atoms with E-state index in [4.69, 9.17) is 0 Å². The molecular formula is C9H20AlN3. The van der Waals surface area contributed by atoms with Gasteiger partial charge in [0.1, 0.15) is 0 Å². The van der Waals surface area contributed by atoms with Gasteiger partial charge in [0.25, 0.3) is 0 Å². The molecule has 2 saturated heterocycles. The average Bonchev–Trinajstić information content (AvgIpc) is 2.28. The second-order valence-corrected chi connectivity index (χ2v) is 5.76. The molecule has 0 aliphatic carbocycles. The van der Waals surface area contributed by atoms with Crippen LogP contribution in [0.5, 0.6) is 0 Å². The molecule has 0 bridgehead atoms. The van der Waals surface area contributed by atoms with Crippen molar-refractivity contribution in [1.29, 1.82) is 0 Å². The summed E-state index contributed by atoms with van der Waals surface area (Å²) in [5, 5.41) is 3.52. The number of rotatable bonds is 0. The van der Waals surface area contributed by atoms with E-state index in [-0.39, 0.29) is 0 Å². The van der Waals surface area contributed by atoms with E-state index in [1.807, 2.05) is 0 Å². The Morgan fingerprint density at radius 2 is 2.23 bits per heavy atom. The van der Waals surface area contributed by atoms with Crippen LogP contribution in [-0.2, 0) is 0 Å². The Hall–Kier alpha value is 0.412. The molecule has 74 valence electrons. The molecule has 3 nitrogen and oxygen atoms in total. The molecule has 0 aromatic carbocycles. The zero-order valence-corrected chi connectivity index (χ0v) is 10.8. The van der Waals surface area contributed by atoms with E-state index in [9.17, 15) is 0 Å². The minimum atomic E-state index is 0.739. The Balaban J connectivity index is 2.02. The maximum absolute atomic E-state index is 3.52. The van der Waals surface area contributed by atoms with Gasteiger partial charge in [0, 0.05) is 25.2 Å². The van der Waals surface area contributed by atoms with Crippen LogP contribution < -0.4 is 5.32 Å². The largest absolute Gasteiger partial charge is 0.388 e. The van der Waals surface area contributed by atoms with Crippen molar-refractivity contribution in [1.82, 2.24) is 14.1 Å². The lowest BCUT2D eigenvalue weighted by Crippen LogP contribution is -2.55. The number of hydrogen-bond donors (Lipinski definition) is 1. The summed E-state index contributed by atoms with van der Waals surface area (Å²) in [7, 11) is 0. The van der Waals surface area contributed by atoms with E-state index in [1.54, 1.807) is 0 Å². The molecule has 2 rings (SSSR count). The van der Waals surface area contributed by atoms with Gasteiger partial charge in [-0.05, 0) is 33.0 Å². The molecule has 0 aromatic rings. The number of hydrogen-bond acceptors (Lipinski definition) is 3. The van der Waals surface area contributed by atoms with Gasteiger partial charge in [0.05, 0.1) is 0 Å². The van der Waals surface area contributed by atoms with Crippen LogP contribution in [0.4, 0.5) is 0 Å². The molecule has 0 saturated carbocycles. The number of nitrogens with zero attached hydrogens (tertiary/aromatic N) is 2. The Morgan fingerprint density at radius 3 is 3.08 bits per heavy atom. The standard InChI is InChI=1S/C9H18N3.Al.2H/c1-8-6-10-3-2-9-7-11-4-5-12(8)9;;;/h8-10H,2-7H2,1H3;;;/q-1;+1;;/t8-,9?;;;/m1.../s1. The van der Waals surface area contributed by atoms with Gasteiger partial charge in [-0.1, -0.05) is 0 Å². The van der Waals surface area contributed by atoms with Crippen molar-refractivity contribution < 1.29 is 0 Å². The summed E-state index contributed by atoms with van der Waals surface area (Å²) in [5.41, 5.74) is 0. The van der Waals surface area contributed by atoms with E-state index >= 15 is 0 Å². The highest BCUT2D eigenvalue weighted by Gasteiger charge is 2.29. The highest BCUT2D eigenvalue weighted by atomic mass is 27.1. The lowest BCUT2D eigenvalue weighted by Gasteiger charge is -2.42. The average molecular weight is 197 g/mol. The third kappa shape index (κ3) is 2.26. The summed E-state index contributed by atoms with van der Waals surface area (Å²) in [6, 6.07) is 1.57. The van der Waals surface area contributed by atoms with E-state index < -0.39 is 0 Å². The lowest BCUT2D eigenvalue weighted by molar-refractivity contribution is 0.0897. The van der Waals surface area contributed by atoms with Crippen molar-refractivity contribution in [2.24, 2.45) is 0 Å². The zero-order chi connectivity index (χ0) is 9.26. The van der Waals surface area contributed by atoms with Gasteiger partial charge < -0.3 is 9.20 Å². The summed E-state index contributed by atoms with van der Waals surface area (Å²) in [6.45, 7) is 8.65. The summed E-state index contributed by atoms with van der Waals surface area (Å²) in [6.07, 6.45) is 1.34. The molecule has 13 heavy (non-hydrogen) atoms. The maximum Gasteiger partial charge on any atom is 0.321 e. The molecule has 1 unspecified atom stereocenters. The van der Waals surface area contributed by atoms with Gasteiger partial charge >= 0.3 is 16.5 Å². The first-order chi connectivity index (χ1) is 6.27. The fourth-order valence-electron chi connectivity index (χ4n) is 2.56. The molecule has 0 amide bonds. The third-order valence-electron chi connectivity index (χ3n) is 3.39. The lowest BCUT2D eigenvalue weighted by atomic mass is 10.1. The van der Waals surface area contributed by atoms with Gasteiger partial charge in [0.2, 0.25) is 0 Å². The normalized spacial score (nSPS) is 38.2. The van der Waals surface area contributed by atoms with Gasteiger partial charge in [0.15, 0.2) is 0 Å². The van der Waals surface area contributed by atoms with Crippen LogP contribution in [0.1, 0.15) is 13.3 Å². The molecule has 0 radical (unpaired) electrons. The topological polar surface area (TPSA) is 18.5 Å². The van der Waals surface area contributed by atoms with E-state index in [1.165, 1.54) is 55.7 Å². The van der Waals surface area contributed by atoms with Crippen molar-refractivity contribution in [3.63, 3.8) is 0 Å². The van der Waals surface area contributed by atoms with Crippen LogP contribution in [0, 0.1) is 0 Å². The molecule has 2 heterocycles. The minimum absolute atomic E-state index is 0.739. The SMILES string of the molecule is C[C@@H]1CNCCC2C[N]([AlH2])CCN21. The molecule has 4 heteroatoms. The minimum Gasteiger partial charge on any atom is -0.388 e. The van der Waals surface area contributed by atoms with Gasteiger partial charge in [-0.3, -0.25) is 4.90 Å². The van der Waals surface area contributed by atoms with Crippen LogP contribution in [0.15, 0.2) is 0 Å². The molecular weight excluding hydrogens is 177 g/mol. The summed E-state index contributed by atoms with van der Waals surface area (Å²) in [4.78, 5) is 2.70. The monoisotopic (exact) mass is 197 g/mol. The van der Waals surface area contributed by atoms with Crippen molar-refractivity contribution in [2.75, 3.05) is 32.7 Å². The van der Waals surface area contributed by atoms with E-state index in [2.05, 4.69) is 21.0 Å². The first-order valence-electron chi connectivity index (χ1n) is 5.42. The van der Waals surface area contributed by atoms with E-state index in [0.717, 1.165) is 12.1 Å². The maximum atomic E-state index is 3.52. The van der Waals surface area contributed by atoms with Crippen LogP contribution in [0.3, 0.4) is 0 Å². The summed E-state index contributed by atoms with van der Waals surface area (Å²) < 4.78 is 2.60. The van der Waals surface area contributed by atoms with Crippen LogP contribution in [-0.4, -0.2) is 70.1 Å². The Bertz CT molecular complexity index is 176. The second-order valence-electron chi connectivity index (χ2n) is 4.50. The van der Waals surface area contributed by atoms with Crippen LogP contribution in [0.25, 0.3) is 0 Å². The first-order valence-corrected chi connectivity index (χ1v) is 6.32. The molecule has 0 spiro atoms. The fraction of sp³-hybridized carbons (Fsp3) is 1.00. The van der Waals surface area contributed by atoms with Gasteiger partial charge in [-0.15, -0.1) is 0 Å². The highest BCUT2D eigenvalue weighted by Crippen LogP contribution is 2.16. The molecule has 1 N–H and O–H groups in total. The Labute approximate surface area is 89.1 Å². The van der Waals surface area contributed by atoms with Crippen molar-refractivity contribution in [3.05, 3.63) is 0 Å². The second kappa shape index (κ2) is 4.29. The molecule has 0 aromatic heterocycles. The van der Waals surface area contributed by atoms with Crippen molar-refractivity contribution in [3.8, 4) is 0 Å². The highest BCUT2D eigenvalue weighted by molar-refractivity contribution is 6.04. The first kappa shape index (κ1) is 9.95. The van der Waals surface area contributed by atoms with Gasteiger partial charge in [-0.25, -0.2) is 0 Å². The fourth-order valence-corrected chi connectivity index (χ4v) is 3.18. The van der Waals surface area contributed by atoms with Crippen LogP contribution >= 0.6 is 0 Å². The van der Waals surface area contributed by atoms with Crippen molar-refractivity contribution in [2.45, 2.75) is 25.4 Å². The van der Waals surface area contributed by atoms with Crippen LogP contribution in [0.2, 0.25) is 0 Å². The summed E-state index contributed by atoms with van der Waals surface area (Å²) in [5.74, 6) is 0. The number of piperazine rings is 1. The quantitative estimate of drug-likeness (QED) is 0.497. The smallest absolute Gasteiger partial charge is 0.321 e. The molecule has 2 fully saturated rings. The number of nitrogens with one attached hydrogen (secondary N) is 1. The predicted octanol–water partition coefficient (Wildman–Crippen LogP) is -1.10. The summed E-state index contributed by atoms with van der Waals surface area (Å²) >= 11 is 1.24. The number of fused-ring (bicyclic) bond motifs is 1. The van der Waals surface area contributed by atoms with E-state index in [0.29, 0.717) is 0 Å². The Kier molecular flexibility index (Phi) is 3.28. The van der Waals surface area contributed by atoms with Crippen molar-refractivity contribution >= 4 is 16.5 Å². The van der Waals surface area contributed by atoms with Gasteiger partial charge in [-0.2, -0.15) is 0 Å². The Morgan fingerprint density at radius 1 is 1.38 bits per heavy atom. The predicted molar refractivity (Wildman–Crippen MR) is 57.6 cm³/mol. The third-order valence-corrected chi connectivity index (χ3v) is 4.20. The zero-order valence-electron chi connectivity index (χ0n) is 8.79.